The fraction of sp³-hybridized carbons (Fsp3) is 0. The third-order valence-corrected chi connectivity index (χ3v) is 6.53. The number of hydrogen-bond acceptors (Lipinski definition) is 1. The van der Waals surface area contributed by atoms with Crippen molar-refractivity contribution in [3.63, 3.8) is 0 Å². The molecule has 0 saturated carbocycles. The minimum absolute atomic E-state index is 0.476. The Morgan fingerprint density at radius 1 is 0.424 bits per heavy atom. The first-order chi connectivity index (χ1) is 17.2. The molecule has 1 heterocycles. The monoisotopic (exact) mass is 422 g/mol. The maximum absolute atomic E-state index is 8.42. The Morgan fingerprint density at radius 3 is 1.76 bits per heavy atom. The van der Waals surface area contributed by atoms with Gasteiger partial charge >= 0.3 is 0 Å². The zero-order valence-electron chi connectivity index (χ0n) is 19.8. The molecule has 154 valence electrons. The first kappa shape index (κ1) is 16.3. The van der Waals surface area contributed by atoms with Gasteiger partial charge in [-0.25, -0.2) is 0 Å². The highest BCUT2D eigenvalue weighted by Crippen LogP contribution is 2.44. The van der Waals surface area contributed by atoms with E-state index in [0.717, 1.165) is 65.7 Å². The van der Waals surface area contributed by atoms with E-state index in [2.05, 4.69) is 30.3 Å². The second-order valence-corrected chi connectivity index (χ2v) is 8.37. The van der Waals surface area contributed by atoms with Crippen LogP contribution in [-0.2, 0) is 0 Å². The molecule has 6 aromatic carbocycles. The van der Waals surface area contributed by atoms with E-state index >= 15 is 0 Å². The lowest BCUT2D eigenvalue weighted by Gasteiger charge is -2.17. The van der Waals surface area contributed by atoms with Crippen molar-refractivity contribution in [1.29, 1.82) is 0 Å². The van der Waals surface area contributed by atoms with E-state index in [9.17, 15) is 0 Å². The van der Waals surface area contributed by atoms with Gasteiger partial charge in [0, 0.05) is 10.8 Å². The molecule has 0 spiro atoms. The van der Waals surface area contributed by atoms with Crippen LogP contribution in [0, 0.1) is 0 Å². The summed E-state index contributed by atoms with van der Waals surface area (Å²) in [5.74, 6) is 0. The predicted octanol–water partition coefficient (Wildman–Crippen LogP) is 9.23. The largest absolute Gasteiger partial charge is 0.456 e. The summed E-state index contributed by atoms with van der Waals surface area (Å²) in [6.45, 7) is 0. The highest BCUT2D eigenvalue weighted by Gasteiger charge is 2.17. The van der Waals surface area contributed by atoms with Gasteiger partial charge in [0.15, 0.2) is 0 Å². The zero-order chi connectivity index (χ0) is 23.5. The van der Waals surface area contributed by atoms with Gasteiger partial charge in [-0.1, -0.05) is 103 Å². The maximum atomic E-state index is 8.42. The Balaban J connectivity index is 1.66. The molecule has 1 nitrogen and oxygen atoms in total. The molecule has 0 bridgehead atoms. The van der Waals surface area contributed by atoms with E-state index in [0.29, 0.717) is 12.1 Å². The lowest BCUT2D eigenvalue weighted by Crippen LogP contribution is -1.90. The molecule has 33 heavy (non-hydrogen) atoms. The van der Waals surface area contributed by atoms with Crippen molar-refractivity contribution >= 4 is 43.5 Å². The molecule has 0 amide bonds. The van der Waals surface area contributed by atoms with Crippen LogP contribution in [0.5, 0.6) is 0 Å². The Hall–Kier alpha value is -4.36. The van der Waals surface area contributed by atoms with Crippen molar-refractivity contribution in [2.75, 3.05) is 0 Å². The molecule has 0 saturated heterocycles. The van der Waals surface area contributed by atoms with Gasteiger partial charge in [-0.05, 0) is 62.0 Å². The molecule has 0 aliphatic rings. The molecule has 0 atom stereocenters. The van der Waals surface area contributed by atoms with Crippen LogP contribution in [0.3, 0.4) is 0 Å². The molecule has 7 aromatic rings. The van der Waals surface area contributed by atoms with Gasteiger partial charge < -0.3 is 4.42 Å². The van der Waals surface area contributed by atoms with Crippen LogP contribution in [0.1, 0.15) is 2.74 Å². The Morgan fingerprint density at radius 2 is 1.00 bits per heavy atom. The summed E-state index contributed by atoms with van der Waals surface area (Å²) < 4.78 is 22.9. The molecule has 0 fully saturated rings. The van der Waals surface area contributed by atoms with Gasteiger partial charge in [0.25, 0.3) is 0 Å². The van der Waals surface area contributed by atoms with E-state index in [1.807, 2.05) is 78.9 Å². The van der Waals surface area contributed by atoms with E-state index in [4.69, 9.17) is 7.16 Å². The quantitative estimate of drug-likeness (QED) is 0.253. The van der Waals surface area contributed by atoms with Crippen molar-refractivity contribution < 1.29 is 7.16 Å². The lowest BCUT2D eigenvalue weighted by atomic mass is 9.86. The summed E-state index contributed by atoms with van der Waals surface area (Å²) in [7, 11) is 0. The number of rotatable bonds is 2. The fourth-order valence-corrected chi connectivity index (χ4v) is 5.11. The average Bonchev–Trinajstić information content (AvgIpc) is 3.26. The number of furan rings is 1. The summed E-state index contributed by atoms with van der Waals surface area (Å²) in [5, 5.41) is 6.40. The van der Waals surface area contributed by atoms with Gasteiger partial charge in [0.2, 0.25) is 0 Å². The topological polar surface area (TPSA) is 13.1 Å². The molecule has 1 aromatic heterocycles. The zero-order valence-corrected chi connectivity index (χ0v) is 17.8. The van der Waals surface area contributed by atoms with Crippen LogP contribution < -0.4 is 0 Å². The van der Waals surface area contributed by atoms with E-state index in [1.165, 1.54) is 0 Å². The van der Waals surface area contributed by atoms with Crippen LogP contribution in [0.25, 0.3) is 65.7 Å². The van der Waals surface area contributed by atoms with Crippen LogP contribution in [0.4, 0.5) is 0 Å². The number of benzene rings is 6. The second-order valence-electron chi connectivity index (χ2n) is 8.37. The maximum Gasteiger partial charge on any atom is 0.135 e. The molecule has 0 N–H and O–H groups in total. The van der Waals surface area contributed by atoms with Gasteiger partial charge in [-0.3, -0.25) is 0 Å². The lowest BCUT2D eigenvalue weighted by molar-refractivity contribution is 0.669. The summed E-state index contributed by atoms with van der Waals surface area (Å²) in [6, 6.07) is 37.5. The van der Waals surface area contributed by atoms with Gasteiger partial charge in [0.1, 0.15) is 11.2 Å². The van der Waals surface area contributed by atoms with Crippen LogP contribution in [-0.4, -0.2) is 0 Å². The first-order valence-electron chi connectivity index (χ1n) is 12.1. The third-order valence-electron chi connectivity index (χ3n) is 6.53. The minimum Gasteiger partial charge on any atom is -0.456 e. The van der Waals surface area contributed by atoms with Crippen LogP contribution in [0.2, 0.25) is 0 Å². The molecular formula is C32H20O. The number of para-hydroxylation sites is 1. The molecule has 0 aliphatic carbocycles. The molecule has 0 radical (unpaired) electrons. The van der Waals surface area contributed by atoms with E-state index < -0.39 is 0 Å². The normalized spacial score (nSPS) is 12.5. The minimum atomic E-state index is 0.476. The van der Waals surface area contributed by atoms with E-state index in [1.54, 1.807) is 0 Å². The van der Waals surface area contributed by atoms with Crippen molar-refractivity contribution in [1.82, 2.24) is 0 Å². The summed E-state index contributed by atoms with van der Waals surface area (Å²) in [4.78, 5) is 0. The Bertz CT molecular complexity index is 1920. The van der Waals surface area contributed by atoms with Crippen LogP contribution in [0.15, 0.2) is 126 Å². The van der Waals surface area contributed by atoms with Gasteiger partial charge in [-0.15, -0.1) is 0 Å². The second kappa shape index (κ2) is 7.08. The molecule has 0 aliphatic heterocycles. The van der Waals surface area contributed by atoms with Crippen molar-refractivity contribution in [2.24, 2.45) is 0 Å². The standard InChI is InChI=1S/C32H20O/c1-2-10-21(11-3-1)31-24-13-4-6-15-26(24)32(27-16-7-5-14-25(27)31)22-18-19-30-28(20-22)23-12-8-9-17-29(23)33-30/h1-20H/i4D,7D. The smallest absolute Gasteiger partial charge is 0.135 e. The predicted molar refractivity (Wildman–Crippen MR) is 140 cm³/mol. The van der Waals surface area contributed by atoms with Crippen molar-refractivity contribution in [2.45, 2.75) is 0 Å². The van der Waals surface area contributed by atoms with Crippen molar-refractivity contribution in [3.05, 3.63) is 121 Å². The number of fused-ring (bicyclic) bond motifs is 5. The Kier molecular flexibility index (Phi) is 3.50. The van der Waals surface area contributed by atoms with Gasteiger partial charge in [0.05, 0.1) is 2.74 Å². The van der Waals surface area contributed by atoms with Crippen molar-refractivity contribution in [3.8, 4) is 22.3 Å². The molecule has 1 heteroatoms. The molecular weight excluding hydrogens is 400 g/mol. The summed E-state index contributed by atoms with van der Waals surface area (Å²) in [6.07, 6.45) is 0. The third kappa shape index (κ3) is 2.73. The average molecular weight is 423 g/mol. The highest BCUT2D eigenvalue weighted by molar-refractivity contribution is 6.22. The first-order valence-corrected chi connectivity index (χ1v) is 11.1. The highest BCUT2D eigenvalue weighted by atomic mass is 16.3. The fourth-order valence-electron chi connectivity index (χ4n) is 5.11. The summed E-state index contributed by atoms with van der Waals surface area (Å²) >= 11 is 0. The van der Waals surface area contributed by atoms with Gasteiger partial charge in [-0.2, -0.15) is 0 Å². The van der Waals surface area contributed by atoms with Crippen LogP contribution >= 0.6 is 0 Å². The molecule has 7 rings (SSSR count). The molecule has 0 unspecified atom stereocenters. The Labute approximate surface area is 194 Å². The SMILES string of the molecule is [2H]c1ccc2c(-c3ccc4oc5ccccc5c4c3)c3cc([2H])ccc3c(-c3ccccc3)c2c1. The van der Waals surface area contributed by atoms with E-state index in [-0.39, 0.29) is 0 Å². The number of hydrogen-bond donors (Lipinski definition) is 0. The summed E-state index contributed by atoms with van der Waals surface area (Å²) in [5.41, 5.74) is 6.09.